The summed E-state index contributed by atoms with van der Waals surface area (Å²) >= 11 is 0. The Balaban J connectivity index is 1.50. The van der Waals surface area contributed by atoms with Gasteiger partial charge in [-0.1, -0.05) is 39.3 Å². The summed E-state index contributed by atoms with van der Waals surface area (Å²) in [7, 11) is 0. The zero-order chi connectivity index (χ0) is 29.6. The number of amides is 1. The molecule has 0 radical (unpaired) electrons. The highest BCUT2D eigenvalue weighted by Gasteiger charge is 2.58. The van der Waals surface area contributed by atoms with E-state index < -0.39 is 22.9 Å². The van der Waals surface area contributed by atoms with Crippen LogP contribution in [0.1, 0.15) is 108 Å². The number of carbonyl (C=O) groups is 1. The number of imidazole rings is 1. The molecule has 1 aromatic heterocycles. The van der Waals surface area contributed by atoms with E-state index in [0.717, 1.165) is 42.4 Å². The molecule has 9 nitrogen and oxygen atoms in total. The smallest absolute Gasteiger partial charge is 0.291 e. The van der Waals surface area contributed by atoms with Gasteiger partial charge in [0.1, 0.15) is 24.0 Å². The number of nitrogens with zero attached hydrogens (tertiary/aromatic N) is 2. The number of nitriles is 1. The molecule has 9 heteroatoms. The average Bonchev–Trinajstić information content (AvgIpc) is 3.59. The number of aromatic amines is 1. The number of hydrogen-bond acceptors (Lipinski definition) is 7. The van der Waals surface area contributed by atoms with Crippen LogP contribution in [0, 0.1) is 16.7 Å². The van der Waals surface area contributed by atoms with Crippen molar-refractivity contribution >= 4 is 17.2 Å². The van der Waals surface area contributed by atoms with Gasteiger partial charge in [0.05, 0.1) is 24.0 Å². The van der Waals surface area contributed by atoms with Gasteiger partial charge in [-0.05, 0) is 75.1 Å². The summed E-state index contributed by atoms with van der Waals surface area (Å²) < 4.78 is 18.6. The lowest BCUT2D eigenvalue weighted by Crippen LogP contribution is -2.46. The molecule has 2 aromatic rings. The first-order chi connectivity index (χ1) is 19.3. The number of anilines is 1. The molecule has 2 fully saturated rings. The van der Waals surface area contributed by atoms with Crippen molar-refractivity contribution in [2.24, 2.45) is 5.41 Å². The van der Waals surface area contributed by atoms with E-state index in [4.69, 9.17) is 19.5 Å². The van der Waals surface area contributed by atoms with E-state index in [1.54, 1.807) is 0 Å². The van der Waals surface area contributed by atoms with E-state index in [0.29, 0.717) is 25.1 Å². The lowest BCUT2D eigenvalue weighted by atomic mass is 9.75. The van der Waals surface area contributed by atoms with Crippen molar-refractivity contribution in [2.75, 3.05) is 11.9 Å². The minimum atomic E-state index is -1.19. The Morgan fingerprint density at radius 2 is 2.05 bits per heavy atom. The zero-order valence-electron chi connectivity index (χ0n) is 25.0. The number of H-pyrrole nitrogens is 1. The molecule has 1 amide bonds. The van der Waals surface area contributed by atoms with Gasteiger partial charge in [-0.2, -0.15) is 5.26 Å². The van der Waals surface area contributed by atoms with Crippen molar-refractivity contribution in [3.05, 3.63) is 53.1 Å². The Labute approximate surface area is 242 Å². The third kappa shape index (κ3) is 5.98. The van der Waals surface area contributed by atoms with E-state index in [1.165, 1.54) is 6.20 Å². The molecule has 0 saturated carbocycles. The Hall–Kier alpha value is -3.03. The van der Waals surface area contributed by atoms with Gasteiger partial charge in [0.25, 0.3) is 5.91 Å². The van der Waals surface area contributed by atoms with Crippen LogP contribution >= 0.6 is 0 Å². The highest BCUT2D eigenvalue weighted by molar-refractivity contribution is 6.03. The van der Waals surface area contributed by atoms with Crippen molar-refractivity contribution in [1.82, 2.24) is 9.97 Å². The normalized spacial score (nSPS) is 27.9. The predicted octanol–water partition coefficient (Wildman–Crippen LogP) is 5.81. The van der Waals surface area contributed by atoms with Crippen molar-refractivity contribution in [2.45, 2.75) is 109 Å². The monoisotopic (exact) mass is 562 g/mol. The number of fused-ring (bicyclic) bond motifs is 1. The molecule has 0 bridgehead atoms. The van der Waals surface area contributed by atoms with Crippen molar-refractivity contribution in [1.29, 1.82) is 5.26 Å². The summed E-state index contributed by atoms with van der Waals surface area (Å²) in [6, 6.07) is 7.72. The van der Waals surface area contributed by atoms with Gasteiger partial charge in [0, 0.05) is 17.7 Å². The van der Waals surface area contributed by atoms with Gasteiger partial charge in [0.2, 0.25) is 0 Å². The summed E-state index contributed by atoms with van der Waals surface area (Å²) in [5, 5.41) is 24.4. The quantitative estimate of drug-likeness (QED) is 0.370. The van der Waals surface area contributed by atoms with Gasteiger partial charge in [-0.15, -0.1) is 0 Å². The van der Waals surface area contributed by atoms with Crippen LogP contribution in [0.5, 0.6) is 0 Å². The fourth-order valence-corrected chi connectivity index (χ4v) is 6.52. The first-order valence-electron chi connectivity index (χ1n) is 14.6. The zero-order valence-corrected chi connectivity index (χ0v) is 25.0. The number of allylic oxidation sites excluding steroid dienone is 2. The number of nitrogens with one attached hydrogen (secondary N) is 2. The number of rotatable bonds is 8. The number of carbonyl (C=O) groups excluding carboxylic acids is 1. The van der Waals surface area contributed by atoms with Crippen LogP contribution in [0.3, 0.4) is 0 Å². The second kappa shape index (κ2) is 10.7. The van der Waals surface area contributed by atoms with Crippen LogP contribution in [0.2, 0.25) is 0 Å². The molecule has 3 aliphatic rings. The molecular weight excluding hydrogens is 520 g/mol. The molecule has 0 unspecified atom stereocenters. The number of aliphatic hydroxyl groups is 1. The molecule has 1 aliphatic carbocycles. The fraction of sp³-hybridized carbons (Fsp3) is 0.594. The maximum Gasteiger partial charge on any atom is 0.291 e. The molecule has 41 heavy (non-hydrogen) atoms. The molecular formula is C32H42N4O5. The highest BCUT2D eigenvalue weighted by atomic mass is 16.8. The SMILES string of the molecule is CCC[C@@](O)(C[C@]1(C)OC[C@H]2OC(C)(C)O[C@H]21)c1ccc(NC(=O)c2ncc(C#N)[nH]2)c(C2=CCC(C)(C)CC2)c1. The topological polar surface area (TPSA) is 129 Å². The van der Waals surface area contributed by atoms with Crippen LogP contribution in [0.15, 0.2) is 30.5 Å². The Morgan fingerprint density at radius 1 is 1.27 bits per heavy atom. The summed E-state index contributed by atoms with van der Waals surface area (Å²) in [4.78, 5) is 19.9. The lowest BCUT2D eigenvalue weighted by Gasteiger charge is -2.39. The van der Waals surface area contributed by atoms with Crippen LogP contribution < -0.4 is 5.32 Å². The summed E-state index contributed by atoms with van der Waals surface area (Å²) in [5.41, 5.74) is 1.92. The number of aromatic nitrogens is 2. The van der Waals surface area contributed by atoms with E-state index in [2.05, 4.69) is 42.1 Å². The van der Waals surface area contributed by atoms with Crippen LogP contribution in [0.25, 0.3) is 5.57 Å². The third-order valence-corrected chi connectivity index (χ3v) is 8.70. The van der Waals surface area contributed by atoms with Crippen LogP contribution in [0.4, 0.5) is 5.69 Å². The van der Waals surface area contributed by atoms with Gasteiger partial charge in [-0.25, -0.2) is 4.98 Å². The number of ether oxygens (including phenoxy) is 3. The maximum atomic E-state index is 13.1. The largest absolute Gasteiger partial charge is 0.385 e. The van der Waals surface area contributed by atoms with Crippen LogP contribution in [-0.4, -0.2) is 51.2 Å². The van der Waals surface area contributed by atoms with Crippen molar-refractivity contribution in [3.63, 3.8) is 0 Å². The molecule has 2 saturated heterocycles. The van der Waals surface area contributed by atoms with Gasteiger partial charge in [-0.3, -0.25) is 4.79 Å². The second-order valence-electron chi connectivity index (χ2n) is 13.2. The first kappa shape index (κ1) is 29.5. The van der Waals surface area contributed by atoms with Gasteiger partial charge in [0.15, 0.2) is 11.6 Å². The average molecular weight is 563 g/mol. The molecule has 3 heterocycles. The number of hydrogen-bond donors (Lipinski definition) is 3. The minimum Gasteiger partial charge on any atom is -0.385 e. The molecule has 3 N–H and O–H groups in total. The summed E-state index contributed by atoms with van der Waals surface area (Å²) in [6.07, 6.45) is 7.57. The van der Waals surface area contributed by atoms with E-state index in [9.17, 15) is 9.90 Å². The van der Waals surface area contributed by atoms with Crippen LogP contribution in [-0.2, 0) is 19.8 Å². The lowest BCUT2D eigenvalue weighted by molar-refractivity contribution is -0.202. The number of benzene rings is 1. The predicted molar refractivity (Wildman–Crippen MR) is 155 cm³/mol. The van der Waals surface area contributed by atoms with E-state index in [1.807, 2.05) is 45.0 Å². The molecule has 1 aromatic carbocycles. The third-order valence-electron chi connectivity index (χ3n) is 8.70. The first-order valence-corrected chi connectivity index (χ1v) is 14.6. The van der Waals surface area contributed by atoms with Crippen molar-refractivity contribution in [3.8, 4) is 6.07 Å². The molecule has 4 atom stereocenters. The van der Waals surface area contributed by atoms with E-state index >= 15 is 0 Å². The Bertz CT molecular complexity index is 1390. The maximum absolute atomic E-state index is 13.1. The summed E-state index contributed by atoms with van der Waals surface area (Å²) in [5.74, 6) is -1.06. The molecule has 0 spiro atoms. The molecule has 2 aliphatic heterocycles. The standard InChI is InChI=1S/C32H42N4O5/c1-7-12-32(38,19-31(6)26-25(18-39-31)40-30(4,5)41-26)21-8-9-24(36-28(37)27-34-17-22(16-33)35-27)23(15-21)20-10-13-29(2,3)14-11-20/h8-10,15,17,25-26,38H,7,11-14,18-19H2,1-6H3,(H,34,35)(H,36,37)/t25-,26-,31+,32-/m1/s1. The summed E-state index contributed by atoms with van der Waals surface area (Å²) in [6.45, 7) is 12.8. The Morgan fingerprint density at radius 3 is 2.71 bits per heavy atom. The van der Waals surface area contributed by atoms with E-state index in [-0.39, 0.29) is 29.1 Å². The second-order valence-corrected chi connectivity index (χ2v) is 13.2. The minimum absolute atomic E-state index is 0.0698. The highest BCUT2D eigenvalue weighted by Crippen LogP contribution is 2.48. The fourth-order valence-electron chi connectivity index (χ4n) is 6.52. The molecule has 220 valence electrons. The molecule has 5 rings (SSSR count). The Kier molecular flexibility index (Phi) is 7.66. The van der Waals surface area contributed by atoms with Crippen molar-refractivity contribution < 1.29 is 24.1 Å². The van der Waals surface area contributed by atoms with Gasteiger partial charge >= 0.3 is 0 Å². The van der Waals surface area contributed by atoms with Gasteiger partial charge < -0.3 is 29.6 Å².